The number of halogens is 3. The van der Waals surface area contributed by atoms with Gasteiger partial charge >= 0.3 is 12.3 Å². The van der Waals surface area contributed by atoms with E-state index in [0.29, 0.717) is 0 Å². The van der Waals surface area contributed by atoms with E-state index in [4.69, 9.17) is 10.5 Å². The van der Waals surface area contributed by atoms with Crippen LogP contribution in [0.3, 0.4) is 0 Å². The first kappa shape index (κ1) is 17.3. The molecule has 1 unspecified atom stereocenters. The van der Waals surface area contributed by atoms with Crippen molar-refractivity contribution >= 4 is 6.09 Å². The van der Waals surface area contributed by atoms with Gasteiger partial charge in [-0.05, 0) is 20.8 Å². The third-order valence-corrected chi connectivity index (χ3v) is 2.57. The Bertz CT molecular complexity index is 480. The average molecular weight is 308 g/mol. The standard InChI is InChI=1S/C12H19F3N4O2/c1-11(2,3)21-10(20)17-5-7(4-16)8-6-18-19-9(8)12(13,14)15/h6-7H,4-5,16H2,1-3H3,(H,17,20)(H,18,19). The zero-order chi connectivity index (χ0) is 16.3. The lowest BCUT2D eigenvalue weighted by molar-refractivity contribution is -0.141. The molecular weight excluding hydrogens is 289 g/mol. The van der Waals surface area contributed by atoms with E-state index >= 15 is 0 Å². The van der Waals surface area contributed by atoms with Crippen molar-refractivity contribution < 1.29 is 22.7 Å². The largest absolute Gasteiger partial charge is 0.444 e. The van der Waals surface area contributed by atoms with E-state index in [0.717, 1.165) is 6.20 Å². The number of nitrogens with two attached hydrogens (primary N) is 1. The summed E-state index contributed by atoms with van der Waals surface area (Å²) in [5.74, 6) is -0.715. The van der Waals surface area contributed by atoms with Gasteiger partial charge in [0.05, 0.1) is 6.20 Å². The minimum absolute atomic E-state index is 0.0710. The summed E-state index contributed by atoms with van der Waals surface area (Å²) < 4.78 is 43.3. The quantitative estimate of drug-likeness (QED) is 0.793. The van der Waals surface area contributed by atoms with E-state index in [-0.39, 0.29) is 18.7 Å². The van der Waals surface area contributed by atoms with Crippen LogP contribution >= 0.6 is 0 Å². The summed E-state index contributed by atoms with van der Waals surface area (Å²) in [4.78, 5) is 11.5. The third-order valence-electron chi connectivity index (χ3n) is 2.57. The number of hydrogen-bond donors (Lipinski definition) is 3. The molecule has 9 heteroatoms. The lowest BCUT2D eigenvalue weighted by Gasteiger charge is -2.21. The predicted octanol–water partition coefficient (Wildman–Crippen LogP) is 2.00. The van der Waals surface area contributed by atoms with Crippen molar-refractivity contribution in [1.29, 1.82) is 0 Å². The van der Waals surface area contributed by atoms with Crippen molar-refractivity contribution in [3.05, 3.63) is 17.5 Å². The second-order valence-corrected chi connectivity index (χ2v) is 5.51. The van der Waals surface area contributed by atoms with E-state index in [2.05, 4.69) is 10.4 Å². The van der Waals surface area contributed by atoms with Gasteiger partial charge in [0.15, 0.2) is 0 Å². The summed E-state index contributed by atoms with van der Waals surface area (Å²) in [6.45, 7) is 4.91. The van der Waals surface area contributed by atoms with Gasteiger partial charge in [-0.15, -0.1) is 0 Å². The molecule has 6 nitrogen and oxygen atoms in total. The summed E-state index contributed by atoms with van der Waals surface area (Å²) in [5, 5.41) is 7.72. The average Bonchev–Trinajstić information content (AvgIpc) is 2.76. The van der Waals surface area contributed by atoms with Gasteiger partial charge in [-0.3, -0.25) is 5.10 Å². The molecule has 120 valence electrons. The van der Waals surface area contributed by atoms with Gasteiger partial charge < -0.3 is 15.8 Å². The third kappa shape index (κ3) is 5.25. The summed E-state index contributed by atoms with van der Waals surface area (Å²) in [6.07, 6.45) is -4.19. The van der Waals surface area contributed by atoms with E-state index in [1.165, 1.54) is 0 Å². The van der Waals surface area contributed by atoms with Crippen LogP contribution in [0.15, 0.2) is 6.20 Å². The maximum absolute atomic E-state index is 12.8. The topological polar surface area (TPSA) is 93.0 Å². The Labute approximate surface area is 120 Å². The minimum Gasteiger partial charge on any atom is -0.444 e. The van der Waals surface area contributed by atoms with Crippen LogP contribution in [0.25, 0.3) is 0 Å². The molecule has 0 radical (unpaired) electrons. The minimum atomic E-state index is -4.55. The van der Waals surface area contributed by atoms with Gasteiger partial charge in [0.25, 0.3) is 0 Å². The smallest absolute Gasteiger partial charge is 0.433 e. The molecule has 0 bridgehead atoms. The zero-order valence-corrected chi connectivity index (χ0v) is 12.0. The molecular formula is C12H19F3N4O2. The summed E-state index contributed by atoms with van der Waals surface area (Å²) in [5.41, 5.74) is 3.77. The summed E-state index contributed by atoms with van der Waals surface area (Å²) in [7, 11) is 0. The number of amides is 1. The Balaban J connectivity index is 2.73. The molecule has 0 aliphatic carbocycles. The highest BCUT2D eigenvalue weighted by atomic mass is 19.4. The van der Waals surface area contributed by atoms with E-state index < -0.39 is 29.5 Å². The lowest BCUT2D eigenvalue weighted by atomic mass is 9.99. The molecule has 1 heterocycles. The maximum atomic E-state index is 12.8. The molecule has 0 spiro atoms. The van der Waals surface area contributed by atoms with Crippen LogP contribution in [0.5, 0.6) is 0 Å². The van der Waals surface area contributed by atoms with E-state index in [1.54, 1.807) is 20.8 Å². The SMILES string of the molecule is CC(C)(C)OC(=O)NCC(CN)c1cn[nH]c1C(F)(F)F. The molecule has 4 N–H and O–H groups in total. The van der Waals surface area contributed by atoms with E-state index in [1.807, 2.05) is 5.10 Å². The molecule has 1 rings (SSSR count). The fourth-order valence-electron chi connectivity index (χ4n) is 1.67. The summed E-state index contributed by atoms with van der Waals surface area (Å²) in [6, 6.07) is 0. The van der Waals surface area contributed by atoms with Gasteiger partial charge in [-0.1, -0.05) is 0 Å². The molecule has 0 aliphatic rings. The molecule has 1 aromatic heterocycles. The van der Waals surface area contributed by atoms with Crippen LogP contribution < -0.4 is 11.1 Å². The number of H-pyrrole nitrogens is 1. The Hall–Kier alpha value is -1.77. The number of hydrogen-bond acceptors (Lipinski definition) is 4. The second-order valence-electron chi connectivity index (χ2n) is 5.51. The molecule has 0 aliphatic heterocycles. The number of nitrogens with zero attached hydrogens (tertiary/aromatic N) is 1. The fourth-order valence-corrected chi connectivity index (χ4v) is 1.67. The molecule has 1 aromatic rings. The number of nitrogens with one attached hydrogen (secondary N) is 2. The van der Waals surface area contributed by atoms with Crippen LogP contribution in [-0.2, 0) is 10.9 Å². The van der Waals surface area contributed by atoms with Crippen LogP contribution in [0.1, 0.15) is 37.9 Å². The Kier molecular flexibility index (Phi) is 5.21. The number of carbonyl (C=O) groups is 1. The highest BCUT2D eigenvalue weighted by Crippen LogP contribution is 2.33. The number of ether oxygens (including phenoxy) is 1. The van der Waals surface area contributed by atoms with Crippen LogP contribution in [-0.4, -0.2) is 35.0 Å². The number of rotatable bonds is 4. The van der Waals surface area contributed by atoms with Crippen molar-refractivity contribution in [2.45, 2.75) is 38.5 Å². The first-order valence-corrected chi connectivity index (χ1v) is 6.32. The molecule has 0 aromatic carbocycles. The molecule has 0 saturated carbocycles. The highest BCUT2D eigenvalue weighted by Gasteiger charge is 2.37. The van der Waals surface area contributed by atoms with Crippen LogP contribution in [0.2, 0.25) is 0 Å². The molecule has 0 saturated heterocycles. The summed E-state index contributed by atoms with van der Waals surface area (Å²) >= 11 is 0. The number of aromatic amines is 1. The number of alkyl carbamates (subject to hydrolysis) is 1. The Morgan fingerprint density at radius 3 is 2.57 bits per heavy atom. The zero-order valence-electron chi connectivity index (χ0n) is 12.0. The van der Waals surface area contributed by atoms with Gasteiger partial charge in [0.1, 0.15) is 11.3 Å². The van der Waals surface area contributed by atoms with E-state index in [9.17, 15) is 18.0 Å². The van der Waals surface area contributed by atoms with Gasteiger partial charge in [0.2, 0.25) is 0 Å². The number of aromatic nitrogens is 2. The van der Waals surface area contributed by atoms with Gasteiger partial charge in [0, 0.05) is 24.6 Å². The first-order chi connectivity index (χ1) is 9.54. The molecule has 1 amide bonds. The van der Waals surface area contributed by atoms with Crippen LogP contribution in [0.4, 0.5) is 18.0 Å². The fraction of sp³-hybridized carbons (Fsp3) is 0.667. The Morgan fingerprint density at radius 2 is 2.10 bits per heavy atom. The molecule has 0 fully saturated rings. The normalized spacial score (nSPS) is 13.9. The lowest BCUT2D eigenvalue weighted by Crippen LogP contribution is -2.36. The second kappa shape index (κ2) is 6.33. The van der Waals surface area contributed by atoms with Gasteiger partial charge in [-0.2, -0.15) is 18.3 Å². The van der Waals surface area contributed by atoms with Crippen molar-refractivity contribution in [1.82, 2.24) is 15.5 Å². The first-order valence-electron chi connectivity index (χ1n) is 6.32. The number of alkyl halides is 3. The van der Waals surface area contributed by atoms with Crippen molar-refractivity contribution in [3.8, 4) is 0 Å². The van der Waals surface area contributed by atoms with Crippen molar-refractivity contribution in [3.63, 3.8) is 0 Å². The van der Waals surface area contributed by atoms with Crippen molar-refractivity contribution in [2.24, 2.45) is 5.73 Å². The highest BCUT2D eigenvalue weighted by molar-refractivity contribution is 5.67. The molecule has 21 heavy (non-hydrogen) atoms. The molecule has 1 atom stereocenters. The van der Waals surface area contributed by atoms with Crippen LogP contribution in [0, 0.1) is 0 Å². The number of carbonyl (C=O) groups excluding carboxylic acids is 1. The monoisotopic (exact) mass is 308 g/mol. The predicted molar refractivity (Wildman–Crippen MR) is 69.6 cm³/mol. The van der Waals surface area contributed by atoms with Crippen molar-refractivity contribution in [2.75, 3.05) is 13.1 Å². The van der Waals surface area contributed by atoms with Gasteiger partial charge in [-0.25, -0.2) is 4.79 Å². The maximum Gasteiger partial charge on any atom is 0.433 e. The Morgan fingerprint density at radius 1 is 1.48 bits per heavy atom.